The number of hydrogen-bond donors (Lipinski definition) is 0. The van der Waals surface area contributed by atoms with Crippen molar-refractivity contribution in [2.45, 2.75) is 6.73 Å². The average Bonchev–Trinajstić information content (AvgIpc) is 2.33. The van der Waals surface area contributed by atoms with Crippen LogP contribution in [0.4, 0.5) is 0 Å². The maximum absolute atomic E-state index is 11.7. The standard InChI is InChI=1S/C12H13NO3/c1-15-8-13-6-5-12(14)10-7-9(16-2)3-4-11(10)13/h3-7H,8H2,1-2H3. The second-order valence-corrected chi connectivity index (χ2v) is 3.45. The highest BCUT2D eigenvalue weighted by Crippen LogP contribution is 2.17. The summed E-state index contributed by atoms with van der Waals surface area (Å²) >= 11 is 0. The molecule has 0 atom stereocenters. The van der Waals surface area contributed by atoms with Gasteiger partial charge in [0, 0.05) is 24.8 Å². The van der Waals surface area contributed by atoms with Gasteiger partial charge in [0.05, 0.1) is 12.6 Å². The summed E-state index contributed by atoms with van der Waals surface area (Å²) in [4.78, 5) is 11.7. The fourth-order valence-electron chi connectivity index (χ4n) is 1.67. The van der Waals surface area contributed by atoms with Crippen molar-refractivity contribution >= 4 is 10.9 Å². The molecule has 0 saturated carbocycles. The van der Waals surface area contributed by atoms with E-state index < -0.39 is 0 Å². The summed E-state index contributed by atoms with van der Waals surface area (Å²) in [6.45, 7) is 0.420. The first-order valence-electron chi connectivity index (χ1n) is 4.92. The van der Waals surface area contributed by atoms with Gasteiger partial charge in [-0.15, -0.1) is 0 Å². The average molecular weight is 219 g/mol. The molecule has 2 rings (SSSR count). The van der Waals surface area contributed by atoms with Crippen LogP contribution in [0.25, 0.3) is 10.9 Å². The first-order valence-corrected chi connectivity index (χ1v) is 4.92. The highest BCUT2D eigenvalue weighted by Gasteiger charge is 2.03. The van der Waals surface area contributed by atoms with Crippen LogP contribution >= 0.6 is 0 Å². The van der Waals surface area contributed by atoms with Gasteiger partial charge in [0.2, 0.25) is 0 Å². The van der Waals surface area contributed by atoms with Gasteiger partial charge in [0.25, 0.3) is 0 Å². The Morgan fingerprint density at radius 1 is 1.25 bits per heavy atom. The number of pyridine rings is 1. The van der Waals surface area contributed by atoms with E-state index in [1.54, 1.807) is 26.5 Å². The molecule has 2 aromatic rings. The Hall–Kier alpha value is -1.81. The quantitative estimate of drug-likeness (QED) is 0.787. The number of benzene rings is 1. The normalized spacial score (nSPS) is 10.6. The highest BCUT2D eigenvalue weighted by atomic mass is 16.5. The highest BCUT2D eigenvalue weighted by molar-refractivity contribution is 5.80. The third-order valence-corrected chi connectivity index (χ3v) is 2.45. The molecule has 84 valence electrons. The van der Waals surface area contributed by atoms with Crippen molar-refractivity contribution < 1.29 is 9.47 Å². The lowest BCUT2D eigenvalue weighted by Gasteiger charge is -2.10. The van der Waals surface area contributed by atoms with Crippen LogP contribution in [0.2, 0.25) is 0 Å². The van der Waals surface area contributed by atoms with Crippen LogP contribution in [0, 0.1) is 0 Å². The lowest BCUT2D eigenvalue weighted by atomic mass is 10.2. The third-order valence-electron chi connectivity index (χ3n) is 2.45. The van der Waals surface area contributed by atoms with E-state index in [9.17, 15) is 4.79 Å². The molecule has 16 heavy (non-hydrogen) atoms. The van der Waals surface area contributed by atoms with Crippen LogP contribution in [0.15, 0.2) is 35.3 Å². The molecule has 0 spiro atoms. The van der Waals surface area contributed by atoms with Gasteiger partial charge >= 0.3 is 0 Å². The Balaban J connectivity index is 2.70. The molecule has 1 heterocycles. The van der Waals surface area contributed by atoms with Crippen molar-refractivity contribution in [2.24, 2.45) is 0 Å². The lowest BCUT2D eigenvalue weighted by Crippen LogP contribution is -2.09. The van der Waals surface area contributed by atoms with Gasteiger partial charge in [-0.3, -0.25) is 4.79 Å². The lowest BCUT2D eigenvalue weighted by molar-refractivity contribution is 0.134. The Kier molecular flexibility index (Phi) is 2.92. The molecule has 0 aliphatic carbocycles. The topological polar surface area (TPSA) is 40.5 Å². The fourth-order valence-corrected chi connectivity index (χ4v) is 1.67. The number of ether oxygens (including phenoxy) is 2. The summed E-state index contributed by atoms with van der Waals surface area (Å²) in [5, 5.41) is 0.638. The summed E-state index contributed by atoms with van der Waals surface area (Å²) in [6, 6.07) is 6.95. The van der Waals surface area contributed by atoms with E-state index in [0.717, 1.165) is 5.52 Å². The minimum absolute atomic E-state index is 0.0127. The number of nitrogens with zero attached hydrogens (tertiary/aromatic N) is 1. The number of rotatable bonds is 3. The largest absolute Gasteiger partial charge is 0.497 e. The fraction of sp³-hybridized carbons (Fsp3) is 0.250. The maximum Gasteiger partial charge on any atom is 0.189 e. The van der Waals surface area contributed by atoms with Crippen LogP contribution in [0.5, 0.6) is 5.75 Å². The minimum atomic E-state index is -0.0127. The third kappa shape index (κ3) is 1.79. The zero-order valence-electron chi connectivity index (χ0n) is 9.27. The molecule has 0 fully saturated rings. The minimum Gasteiger partial charge on any atom is -0.497 e. The van der Waals surface area contributed by atoms with Gasteiger partial charge in [-0.2, -0.15) is 0 Å². The number of hydrogen-bond acceptors (Lipinski definition) is 3. The molecule has 0 amide bonds. The van der Waals surface area contributed by atoms with Crippen LogP contribution in [-0.2, 0) is 11.5 Å². The monoisotopic (exact) mass is 219 g/mol. The molecule has 0 radical (unpaired) electrons. The van der Waals surface area contributed by atoms with Gasteiger partial charge in [0.1, 0.15) is 12.5 Å². The predicted molar refractivity (Wildman–Crippen MR) is 61.8 cm³/mol. The zero-order valence-corrected chi connectivity index (χ0v) is 9.27. The Morgan fingerprint density at radius 3 is 2.75 bits per heavy atom. The van der Waals surface area contributed by atoms with Crippen LogP contribution in [-0.4, -0.2) is 18.8 Å². The van der Waals surface area contributed by atoms with E-state index in [-0.39, 0.29) is 5.43 Å². The SMILES string of the molecule is COCn1ccc(=O)c2cc(OC)ccc21. The number of methoxy groups -OCH3 is 2. The molecular formula is C12H13NO3. The molecule has 4 nitrogen and oxygen atoms in total. The Bertz CT molecular complexity index is 560. The van der Waals surface area contributed by atoms with Crippen molar-refractivity contribution in [3.8, 4) is 5.75 Å². The molecule has 1 aromatic carbocycles. The van der Waals surface area contributed by atoms with Gasteiger partial charge in [-0.1, -0.05) is 0 Å². The first kappa shape index (κ1) is 10.7. The zero-order chi connectivity index (χ0) is 11.5. The Labute approximate surface area is 93.0 Å². The second-order valence-electron chi connectivity index (χ2n) is 3.45. The van der Waals surface area contributed by atoms with Gasteiger partial charge < -0.3 is 14.0 Å². The first-order chi connectivity index (χ1) is 7.76. The molecule has 0 aliphatic heterocycles. The van der Waals surface area contributed by atoms with E-state index >= 15 is 0 Å². The van der Waals surface area contributed by atoms with Crippen LogP contribution < -0.4 is 10.2 Å². The second kappa shape index (κ2) is 4.37. The van der Waals surface area contributed by atoms with Gasteiger partial charge in [0.15, 0.2) is 5.43 Å². The number of aromatic nitrogens is 1. The van der Waals surface area contributed by atoms with Crippen molar-refractivity contribution in [1.82, 2.24) is 4.57 Å². The summed E-state index contributed by atoms with van der Waals surface area (Å²) in [5.74, 6) is 0.680. The van der Waals surface area contributed by atoms with Gasteiger partial charge in [-0.05, 0) is 18.2 Å². The summed E-state index contributed by atoms with van der Waals surface area (Å²) in [5.41, 5.74) is 0.830. The Morgan fingerprint density at radius 2 is 2.06 bits per heavy atom. The van der Waals surface area contributed by atoms with Crippen LogP contribution in [0.3, 0.4) is 0 Å². The number of fused-ring (bicyclic) bond motifs is 1. The molecule has 0 unspecified atom stereocenters. The van der Waals surface area contributed by atoms with Crippen molar-refractivity contribution in [3.05, 3.63) is 40.7 Å². The van der Waals surface area contributed by atoms with Crippen molar-refractivity contribution in [1.29, 1.82) is 0 Å². The van der Waals surface area contributed by atoms with Gasteiger partial charge in [-0.25, -0.2) is 0 Å². The predicted octanol–water partition coefficient (Wildman–Crippen LogP) is 1.61. The van der Waals surface area contributed by atoms with E-state index in [4.69, 9.17) is 9.47 Å². The smallest absolute Gasteiger partial charge is 0.189 e. The van der Waals surface area contributed by atoms with Crippen LogP contribution in [0.1, 0.15) is 0 Å². The molecule has 0 saturated heterocycles. The molecular weight excluding hydrogens is 206 g/mol. The van der Waals surface area contributed by atoms with Crippen molar-refractivity contribution in [3.63, 3.8) is 0 Å². The van der Waals surface area contributed by atoms with E-state index in [0.29, 0.717) is 17.9 Å². The van der Waals surface area contributed by atoms with E-state index in [2.05, 4.69) is 0 Å². The molecule has 4 heteroatoms. The molecule has 0 aliphatic rings. The maximum atomic E-state index is 11.7. The van der Waals surface area contributed by atoms with Crippen molar-refractivity contribution in [2.75, 3.05) is 14.2 Å². The summed E-state index contributed by atoms with van der Waals surface area (Å²) in [6.07, 6.45) is 1.72. The molecule has 0 N–H and O–H groups in total. The molecule has 1 aromatic heterocycles. The molecule has 0 bridgehead atoms. The summed E-state index contributed by atoms with van der Waals surface area (Å²) < 4.78 is 12.0. The van der Waals surface area contributed by atoms with E-state index in [1.807, 2.05) is 16.7 Å². The van der Waals surface area contributed by atoms with E-state index in [1.165, 1.54) is 6.07 Å². The summed E-state index contributed by atoms with van der Waals surface area (Å²) in [7, 11) is 3.20.